The van der Waals surface area contributed by atoms with E-state index in [0.29, 0.717) is 25.6 Å². The lowest BCUT2D eigenvalue weighted by Gasteiger charge is -2.24. The van der Waals surface area contributed by atoms with E-state index in [4.69, 9.17) is 10.5 Å². The Morgan fingerprint density at radius 2 is 2.19 bits per heavy atom. The van der Waals surface area contributed by atoms with Crippen LogP contribution in [0.25, 0.3) is 0 Å². The minimum Gasteiger partial charge on any atom is -0.384 e. The van der Waals surface area contributed by atoms with E-state index in [1.807, 2.05) is 4.90 Å². The SMILES string of the molecule is COCC1CCN(CC(CN)C(F)(F)F)C1. The Balaban J connectivity index is 2.37. The third-order valence-electron chi connectivity index (χ3n) is 3.00. The number of alkyl halides is 3. The quantitative estimate of drug-likeness (QED) is 0.782. The van der Waals surface area contributed by atoms with E-state index in [-0.39, 0.29) is 13.1 Å². The van der Waals surface area contributed by atoms with Crippen molar-refractivity contribution in [3.05, 3.63) is 0 Å². The predicted octanol–water partition coefficient (Wildman–Crippen LogP) is 1.09. The first kappa shape index (κ1) is 13.7. The molecule has 0 aromatic carbocycles. The topological polar surface area (TPSA) is 38.5 Å². The van der Waals surface area contributed by atoms with Gasteiger partial charge in [0.25, 0.3) is 0 Å². The molecule has 1 saturated heterocycles. The molecule has 0 bridgehead atoms. The molecule has 0 aromatic heterocycles. The Morgan fingerprint density at radius 3 is 2.69 bits per heavy atom. The largest absolute Gasteiger partial charge is 0.394 e. The molecule has 2 atom stereocenters. The van der Waals surface area contributed by atoms with Crippen molar-refractivity contribution in [2.75, 3.05) is 39.9 Å². The monoisotopic (exact) mass is 240 g/mol. The number of nitrogens with zero attached hydrogens (tertiary/aromatic N) is 1. The highest BCUT2D eigenvalue weighted by Gasteiger charge is 2.40. The van der Waals surface area contributed by atoms with Crippen molar-refractivity contribution >= 4 is 0 Å². The van der Waals surface area contributed by atoms with Crippen LogP contribution in [-0.2, 0) is 4.74 Å². The molecule has 0 spiro atoms. The van der Waals surface area contributed by atoms with Gasteiger partial charge in [-0.1, -0.05) is 0 Å². The van der Waals surface area contributed by atoms with Crippen LogP contribution >= 0.6 is 0 Å². The Labute approximate surface area is 93.7 Å². The number of rotatable bonds is 5. The van der Waals surface area contributed by atoms with E-state index in [9.17, 15) is 13.2 Å². The maximum Gasteiger partial charge on any atom is 0.394 e. The van der Waals surface area contributed by atoms with E-state index in [2.05, 4.69) is 0 Å². The molecule has 0 saturated carbocycles. The van der Waals surface area contributed by atoms with Crippen LogP contribution in [0.3, 0.4) is 0 Å². The van der Waals surface area contributed by atoms with Crippen LogP contribution in [0, 0.1) is 11.8 Å². The summed E-state index contributed by atoms with van der Waals surface area (Å²) in [6.07, 6.45) is -3.28. The fraction of sp³-hybridized carbons (Fsp3) is 1.00. The van der Waals surface area contributed by atoms with Gasteiger partial charge in [-0.15, -0.1) is 0 Å². The second-order valence-electron chi connectivity index (χ2n) is 4.34. The Bertz CT molecular complexity index is 211. The third kappa shape index (κ3) is 3.92. The van der Waals surface area contributed by atoms with Gasteiger partial charge >= 0.3 is 6.18 Å². The van der Waals surface area contributed by atoms with Gasteiger partial charge in [0.05, 0.1) is 12.5 Å². The average Bonchev–Trinajstić information content (AvgIpc) is 2.61. The lowest BCUT2D eigenvalue weighted by atomic mass is 10.1. The lowest BCUT2D eigenvalue weighted by molar-refractivity contribution is -0.175. The highest BCUT2D eigenvalue weighted by molar-refractivity contribution is 4.80. The van der Waals surface area contributed by atoms with E-state index < -0.39 is 12.1 Å². The minimum atomic E-state index is -4.19. The summed E-state index contributed by atoms with van der Waals surface area (Å²) >= 11 is 0. The van der Waals surface area contributed by atoms with E-state index in [1.165, 1.54) is 0 Å². The molecule has 0 aliphatic carbocycles. The molecule has 96 valence electrons. The molecule has 1 aliphatic heterocycles. The average molecular weight is 240 g/mol. The number of ether oxygens (including phenoxy) is 1. The highest BCUT2D eigenvalue weighted by Crippen LogP contribution is 2.28. The van der Waals surface area contributed by atoms with Gasteiger partial charge in [0, 0.05) is 26.7 Å². The molecule has 16 heavy (non-hydrogen) atoms. The highest BCUT2D eigenvalue weighted by atomic mass is 19.4. The summed E-state index contributed by atoms with van der Waals surface area (Å²) in [4.78, 5) is 1.83. The zero-order chi connectivity index (χ0) is 12.2. The lowest BCUT2D eigenvalue weighted by Crippen LogP contribution is -2.40. The molecule has 0 aromatic rings. The zero-order valence-corrected chi connectivity index (χ0v) is 9.46. The molecular formula is C10H19F3N2O. The molecule has 1 fully saturated rings. The summed E-state index contributed by atoms with van der Waals surface area (Å²) in [6, 6.07) is 0. The summed E-state index contributed by atoms with van der Waals surface area (Å²) in [5, 5.41) is 0. The normalized spacial score (nSPS) is 24.9. The maximum absolute atomic E-state index is 12.5. The Kier molecular flexibility index (Phi) is 5.01. The van der Waals surface area contributed by atoms with E-state index in [0.717, 1.165) is 6.42 Å². The number of methoxy groups -OCH3 is 1. The van der Waals surface area contributed by atoms with Gasteiger partial charge in [0.15, 0.2) is 0 Å². The second kappa shape index (κ2) is 5.84. The summed E-state index contributed by atoms with van der Waals surface area (Å²) in [5.41, 5.74) is 5.16. The van der Waals surface area contributed by atoms with Gasteiger partial charge in [-0.05, 0) is 18.9 Å². The molecule has 0 amide bonds. The van der Waals surface area contributed by atoms with Crippen LogP contribution in [0.2, 0.25) is 0 Å². The van der Waals surface area contributed by atoms with Gasteiger partial charge in [-0.3, -0.25) is 0 Å². The van der Waals surface area contributed by atoms with E-state index in [1.54, 1.807) is 7.11 Å². The van der Waals surface area contributed by atoms with Gasteiger partial charge in [-0.2, -0.15) is 13.2 Å². The second-order valence-corrected chi connectivity index (χ2v) is 4.34. The molecule has 6 heteroatoms. The molecule has 2 N–H and O–H groups in total. The number of halogens is 3. The fourth-order valence-corrected chi connectivity index (χ4v) is 2.07. The van der Waals surface area contributed by atoms with Gasteiger partial charge in [-0.25, -0.2) is 0 Å². The molecule has 1 heterocycles. The fourth-order valence-electron chi connectivity index (χ4n) is 2.07. The van der Waals surface area contributed by atoms with Crippen LogP contribution in [0.1, 0.15) is 6.42 Å². The maximum atomic E-state index is 12.5. The third-order valence-corrected chi connectivity index (χ3v) is 3.00. The van der Waals surface area contributed by atoms with E-state index >= 15 is 0 Å². The van der Waals surface area contributed by atoms with Crippen molar-refractivity contribution in [1.82, 2.24) is 4.90 Å². The Morgan fingerprint density at radius 1 is 1.50 bits per heavy atom. The zero-order valence-electron chi connectivity index (χ0n) is 9.46. The predicted molar refractivity (Wildman–Crippen MR) is 55.0 cm³/mol. The minimum absolute atomic E-state index is 0.0141. The van der Waals surface area contributed by atoms with Crippen molar-refractivity contribution < 1.29 is 17.9 Å². The number of hydrogen-bond donors (Lipinski definition) is 1. The Hall–Kier alpha value is -0.330. The molecule has 2 unspecified atom stereocenters. The smallest absolute Gasteiger partial charge is 0.384 e. The molecule has 3 nitrogen and oxygen atoms in total. The summed E-state index contributed by atoms with van der Waals surface area (Å²) in [7, 11) is 1.61. The van der Waals surface area contributed by atoms with Crippen LogP contribution in [0.15, 0.2) is 0 Å². The molecule has 1 aliphatic rings. The number of nitrogens with two attached hydrogens (primary N) is 1. The summed E-state index contributed by atoms with van der Waals surface area (Å²) in [6.45, 7) is 1.69. The summed E-state index contributed by atoms with van der Waals surface area (Å²) in [5.74, 6) is -1.05. The number of hydrogen-bond acceptors (Lipinski definition) is 3. The first-order valence-electron chi connectivity index (χ1n) is 5.45. The number of likely N-dealkylation sites (tertiary alicyclic amines) is 1. The van der Waals surface area contributed by atoms with Crippen molar-refractivity contribution in [3.63, 3.8) is 0 Å². The van der Waals surface area contributed by atoms with Crippen LogP contribution < -0.4 is 5.73 Å². The van der Waals surface area contributed by atoms with Crippen molar-refractivity contribution in [2.24, 2.45) is 17.6 Å². The van der Waals surface area contributed by atoms with Crippen molar-refractivity contribution in [1.29, 1.82) is 0 Å². The van der Waals surface area contributed by atoms with Crippen LogP contribution in [-0.4, -0.2) is 51.0 Å². The summed E-state index contributed by atoms with van der Waals surface area (Å²) < 4.78 is 42.5. The first-order valence-corrected chi connectivity index (χ1v) is 5.45. The molecular weight excluding hydrogens is 221 g/mol. The molecule has 0 radical (unpaired) electrons. The van der Waals surface area contributed by atoms with Gasteiger partial charge in [0.2, 0.25) is 0 Å². The van der Waals surface area contributed by atoms with Crippen LogP contribution in [0.4, 0.5) is 13.2 Å². The van der Waals surface area contributed by atoms with Gasteiger partial charge < -0.3 is 15.4 Å². The standard InChI is InChI=1S/C10H19F3N2O/c1-16-7-8-2-3-15(5-8)6-9(4-14)10(11,12)13/h8-9H,2-7,14H2,1H3. The van der Waals surface area contributed by atoms with Crippen molar-refractivity contribution in [2.45, 2.75) is 12.6 Å². The molecule has 1 rings (SSSR count). The van der Waals surface area contributed by atoms with Gasteiger partial charge in [0.1, 0.15) is 0 Å². The first-order chi connectivity index (χ1) is 7.47. The van der Waals surface area contributed by atoms with Crippen LogP contribution in [0.5, 0.6) is 0 Å². The van der Waals surface area contributed by atoms with Crippen molar-refractivity contribution in [3.8, 4) is 0 Å².